The molecule has 1 amide bonds. The van der Waals surface area contributed by atoms with E-state index in [1.807, 2.05) is 25.4 Å². The van der Waals surface area contributed by atoms with Crippen LogP contribution in [0.1, 0.15) is 37.9 Å². The summed E-state index contributed by atoms with van der Waals surface area (Å²) in [5, 5.41) is 0. The molecule has 3 nitrogen and oxygen atoms in total. The monoisotopic (exact) mass is 243 g/mol. The van der Waals surface area contributed by atoms with Crippen LogP contribution in [0.4, 0.5) is 0 Å². The summed E-state index contributed by atoms with van der Waals surface area (Å²) in [6.07, 6.45) is 8.03. The van der Waals surface area contributed by atoms with Crippen molar-refractivity contribution in [2.75, 3.05) is 7.05 Å². The van der Waals surface area contributed by atoms with Crippen molar-refractivity contribution in [1.82, 2.24) is 4.90 Å². The van der Waals surface area contributed by atoms with Crippen molar-refractivity contribution >= 4 is 5.91 Å². The van der Waals surface area contributed by atoms with Crippen LogP contribution in [0.2, 0.25) is 0 Å². The molecule has 0 aliphatic carbocycles. The normalized spacial score (nSPS) is 15.1. The van der Waals surface area contributed by atoms with Crippen LogP contribution in [0.3, 0.4) is 0 Å². The van der Waals surface area contributed by atoms with Crippen molar-refractivity contribution in [3.8, 4) is 11.8 Å². The minimum atomic E-state index is 0.205. The summed E-state index contributed by atoms with van der Waals surface area (Å²) >= 11 is 0. The number of carbonyl (C=O) groups excluding carboxylic acids is 1. The van der Waals surface area contributed by atoms with Crippen LogP contribution in [0.15, 0.2) is 34.6 Å². The van der Waals surface area contributed by atoms with Gasteiger partial charge >= 0.3 is 0 Å². The molecule has 0 saturated carbocycles. The maximum Gasteiger partial charge on any atom is 0.226 e. The Labute approximate surface area is 107 Å². The maximum absolute atomic E-state index is 11.3. The summed E-state index contributed by atoms with van der Waals surface area (Å²) in [7, 11) is 1.82. The lowest BCUT2D eigenvalue weighted by Gasteiger charge is -2.20. The largest absolute Gasteiger partial charge is 0.456 e. The van der Waals surface area contributed by atoms with Crippen LogP contribution < -0.4 is 0 Å². The Morgan fingerprint density at radius 1 is 1.44 bits per heavy atom. The van der Waals surface area contributed by atoms with Crippen molar-refractivity contribution in [2.45, 2.75) is 32.1 Å². The van der Waals surface area contributed by atoms with Gasteiger partial charge in [0, 0.05) is 26.1 Å². The second-order valence-electron chi connectivity index (χ2n) is 4.42. The zero-order valence-corrected chi connectivity index (χ0v) is 10.6. The van der Waals surface area contributed by atoms with Gasteiger partial charge in [-0.05, 0) is 37.3 Å². The average molecular weight is 243 g/mol. The lowest BCUT2D eigenvalue weighted by Crippen LogP contribution is -2.24. The van der Waals surface area contributed by atoms with Gasteiger partial charge in [-0.15, -0.1) is 0 Å². The van der Waals surface area contributed by atoms with Crippen molar-refractivity contribution < 1.29 is 9.21 Å². The number of furan rings is 1. The van der Waals surface area contributed by atoms with Crippen LogP contribution in [-0.4, -0.2) is 17.9 Å². The van der Waals surface area contributed by atoms with Crippen LogP contribution in [0, 0.1) is 11.8 Å². The van der Waals surface area contributed by atoms with Gasteiger partial charge < -0.3 is 9.32 Å². The molecule has 0 fully saturated rings. The molecule has 94 valence electrons. The fourth-order valence-corrected chi connectivity index (χ4v) is 1.95. The lowest BCUT2D eigenvalue weighted by molar-refractivity contribution is -0.128. The third-order valence-corrected chi connectivity index (χ3v) is 2.96. The Morgan fingerprint density at radius 2 is 2.33 bits per heavy atom. The summed E-state index contributed by atoms with van der Waals surface area (Å²) in [5.41, 5.74) is 1.34. The van der Waals surface area contributed by atoms with E-state index in [1.54, 1.807) is 11.2 Å². The molecular formula is C15H17NO2. The molecule has 1 aliphatic rings. The minimum absolute atomic E-state index is 0.205. The molecule has 1 aromatic heterocycles. The maximum atomic E-state index is 11.3. The molecule has 0 unspecified atom stereocenters. The first kappa shape index (κ1) is 12.5. The quantitative estimate of drug-likeness (QED) is 0.604. The van der Waals surface area contributed by atoms with E-state index in [0.717, 1.165) is 31.4 Å². The third kappa shape index (κ3) is 3.53. The molecule has 2 rings (SSSR count). The number of nitrogens with zero attached hydrogens (tertiary/aromatic N) is 1. The smallest absolute Gasteiger partial charge is 0.226 e. The van der Waals surface area contributed by atoms with E-state index in [2.05, 4.69) is 11.8 Å². The van der Waals surface area contributed by atoms with Gasteiger partial charge in [0.15, 0.2) is 5.76 Å². The SMILES string of the molecule is CN1C=C(CCCC#Cc2ccco2)CCC1=O. The summed E-state index contributed by atoms with van der Waals surface area (Å²) < 4.78 is 5.13. The summed E-state index contributed by atoms with van der Waals surface area (Å²) in [4.78, 5) is 13.0. The topological polar surface area (TPSA) is 33.5 Å². The molecule has 1 aliphatic heterocycles. The third-order valence-electron chi connectivity index (χ3n) is 2.96. The van der Waals surface area contributed by atoms with Gasteiger partial charge in [0.1, 0.15) is 0 Å². The van der Waals surface area contributed by atoms with Gasteiger partial charge in [0.25, 0.3) is 0 Å². The first-order chi connectivity index (χ1) is 8.75. The highest BCUT2D eigenvalue weighted by Crippen LogP contribution is 2.19. The second kappa shape index (κ2) is 6.11. The Hall–Kier alpha value is -1.95. The molecule has 0 spiro atoms. The fraction of sp³-hybridized carbons (Fsp3) is 0.400. The molecule has 0 saturated heterocycles. The van der Waals surface area contributed by atoms with Gasteiger partial charge in [-0.25, -0.2) is 0 Å². The van der Waals surface area contributed by atoms with Crippen molar-refractivity contribution in [2.24, 2.45) is 0 Å². The minimum Gasteiger partial charge on any atom is -0.456 e. The Kier molecular flexibility index (Phi) is 4.25. The van der Waals surface area contributed by atoms with E-state index in [4.69, 9.17) is 4.42 Å². The molecule has 0 N–H and O–H groups in total. The Bertz CT molecular complexity index is 488. The van der Waals surface area contributed by atoms with E-state index in [-0.39, 0.29) is 5.91 Å². The van der Waals surface area contributed by atoms with E-state index >= 15 is 0 Å². The van der Waals surface area contributed by atoms with Crippen LogP contribution in [-0.2, 0) is 4.79 Å². The Morgan fingerprint density at radius 3 is 3.06 bits per heavy atom. The highest BCUT2D eigenvalue weighted by molar-refractivity contribution is 5.78. The van der Waals surface area contributed by atoms with Gasteiger partial charge in [0.2, 0.25) is 5.91 Å². The van der Waals surface area contributed by atoms with Crippen molar-refractivity contribution in [3.63, 3.8) is 0 Å². The molecule has 0 bridgehead atoms. The lowest BCUT2D eigenvalue weighted by atomic mass is 10.0. The van der Waals surface area contributed by atoms with E-state index in [1.165, 1.54) is 5.57 Å². The fourth-order valence-electron chi connectivity index (χ4n) is 1.95. The molecule has 1 aromatic rings. The molecule has 3 heteroatoms. The molecule has 2 heterocycles. The first-order valence-corrected chi connectivity index (χ1v) is 6.23. The number of amides is 1. The number of hydrogen-bond donors (Lipinski definition) is 0. The molecular weight excluding hydrogens is 226 g/mol. The second-order valence-corrected chi connectivity index (χ2v) is 4.42. The highest BCUT2D eigenvalue weighted by atomic mass is 16.3. The van der Waals surface area contributed by atoms with Crippen LogP contribution >= 0.6 is 0 Å². The summed E-state index contributed by atoms with van der Waals surface area (Å²) in [6, 6.07) is 3.70. The molecule has 0 radical (unpaired) electrons. The summed E-state index contributed by atoms with van der Waals surface area (Å²) in [5.74, 6) is 7.00. The van der Waals surface area contributed by atoms with Gasteiger partial charge in [-0.3, -0.25) is 4.79 Å². The number of hydrogen-bond acceptors (Lipinski definition) is 2. The molecule has 18 heavy (non-hydrogen) atoms. The summed E-state index contributed by atoms with van der Waals surface area (Å²) in [6.45, 7) is 0. The van der Waals surface area contributed by atoms with Gasteiger partial charge in [-0.2, -0.15) is 0 Å². The number of unbranched alkanes of at least 4 members (excludes halogenated alkanes) is 1. The zero-order chi connectivity index (χ0) is 12.8. The van der Waals surface area contributed by atoms with E-state index in [9.17, 15) is 4.79 Å². The van der Waals surface area contributed by atoms with Gasteiger partial charge in [-0.1, -0.05) is 11.5 Å². The number of rotatable bonds is 3. The van der Waals surface area contributed by atoms with E-state index < -0.39 is 0 Å². The van der Waals surface area contributed by atoms with E-state index in [0.29, 0.717) is 6.42 Å². The highest BCUT2D eigenvalue weighted by Gasteiger charge is 2.14. The van der Waals surface area contributed by atoms with Gasteiger partial charge in [0.05, 0.1) is 6.26 Å². The van der Waals surface area contributed by atoms with Crippen molar-refractivity contribution in [3.05, 3.63) is 35.9 Å². The average Bonchev–Trinajstić information content (AvgIpc) is 2.86. The number of carbonyl (C=O) groups is 1. The molecule has 0 aromatic carbocycles. The standard InChI is InChI=1S/C15H17NO2/c1-16-12-13(9-10-15(16)17)6-3-2-4-7-14-8-5-11-18-14/h5,8,11-12H,2-3,6,9-10H2,1H3. The Balaban J connectivity index is 1.73. The number of allylic oxidation sites excluding steroid dienone is 1. The van der Waals surface area contributed by atoms with Crippen LogP contribution in [0.25, 0.3) is 0 Å². The predicted molar refractivity (Wildman–Crippen MR) is 69.5 cm³/mol. The molecule has 0 atom stereocenters. The van der Waals surface area contributed by atoms with Crippen LogP contribution in [0.5, 0.6) is 0 Å². The zero-order valence-electron chi connectivity index (χ0n) is 10.6. The predicted octanol–water partition coefficient (Wildman–Crippen LogP) is 2.94. The van der Waals surface area contributed by atoms with Crippen molar-refractivity contribution in [1.29, 1.82) is 0 Å². The first-order valence-electron chi connectivity index (χ1n) is 6.23.